The second-order valence-corrected chi connectivity index (χ2v) is 3.62. The van der Waals surface area contributed by atoms with Gasteiger partial charge in [-0.1, -0.05) is 0 Å². The highest BCUT2D eigenvalue weighted by Crippen LogP contribution is 2.17. The zero-order chi connectivity index (χ0) is 7.68. The molecular weight excluding hydrogens is 206 g/mol. The van der Waals surface area contributed by atoms with Crippen molar-refractivity contribution >= 4 is 15.9 Å². The Kier molecular flexibility index (Phi) is 2.00. The van der Waals surface area contributed by atoms with E-state index in [0.29, 0.717) is 0 Å². The second kappa shape index (κ2) is 2.99. The molecule has 0 amide bonds. The molecule has 1 fully saturated rings. The highest BCUT2D eigenvalue weighted by Gasteiger charge is 2.14. The lowest BCUT2D eigenvalue weighted by molar-refractivity contribution is 0.159. The molecule has 0 N–H and O–H groups in total. The van der Waals surface area contributed by atoms with Gasteiger partial charge in [-0.25, -0.2) is 0 Å². The Bertz CT molecular complexity index is 242. The monoisotopic (exact) mass is 215 g/mol. The first kappa shape index (κ1) is 7.37. The third-order valence-electron chi connectivity index (χ3n) is 1.96. The molecule has 1 aliphatic rings. The fraction of sp³-hybridized carbons (Fsp3) is 0.500. The van der Waals surface area contributed by atoms with Gasteiger partial charge in [-0.3, -0.25) is 4.90 Å². The molecule has 60 valence electrons. The lowest BCUT2D eigenvalue weighted by Crippen LogP contribution is -2.36. The molecule has 1 aliphatic heterocycles. The summed E-state index contributed by atoms with van der Waals surface area (Å²) < 4.78 is 6.19. The van der Waals surface area contributed by atoms with E-state index in [2.05, 4.69) is 20.8 Å². The SMILES string of the molecule is Brc1ccc(CN2CCC2)o1. The summed E-state index contributed by atoms with van der Waals surface area (Å²) in [4.78, 5) is 2.37. The average Bonchev–Trinajstić information content (AvgIpc) is 2.27. The predicted octanol–water partition coefficient (Wildman–Crippen LogP) is 2.25. The van der Waals surface area contributed by atoms with Gasteiger partial charge in [0.2, 0.25) is 0 Å². The summed E-state index contributed by atoms with van der Waals surface area (Å²) in [6, 6.07) is 3.96. The minimum absolute atomic E-state index is 0.827. The van der Waals surface area contributed by atoms with Gasteiger partial charge in [0.1, 0.15) is 5.76 Å². The summed E-state index contributed by atoms with van der Waals surface area (Å²) >= 11 is 3.28. The van der Waals surface area contributed by atoms with Gasteiger partial charge in [0.25, 0.3) is 0 Å². The Morgan fingerprint density at radius 2 is 2.27 bits per heavy atom. The van der Waals surface area contributed by atoms with Gasteiger partial charge < -0.3 is 4.42 Å². The van der Waals surface area contributed by atoms with Crippen molar-refractivity contribution in [3.63, 3.8) is 0 Å². The Balaban J connectivity index is 1.95. The molecule has 0 saturated carbocycles. The number of nitrogens with zero attached hydrogens (tertiary/aromatic N) is 1. The molecule has 1 aromatic heterocycles. The summed E-state index contributed by atoms with van der Waals surface area (Å²) in [7, 11) is 0. The lowest BCUT2D eigenvalue weighted by Gasteiger charge is -2.29. The third-order valence-corrected chi connectivity index (χ3v) is 2.38. The molecule has 0 atom stereocenters. The van der Waals surface area contributed by atoms with Gasteiger partial charge in [0.15, 0.2) is 4.67 Å². The van der Waals surface area contributed by atoms with Crippen LogP contribution < -0.4 is 0 Å². The molecule has 1 saturated heterocycles. The van der Waals surface area contributed by atoms with Crippen molar-refractivity contribution in [2.24, 2.45) is 0 Å². The molecule has 0 aromatic carbocycles. The molecule has 2 rings (SSSR count). The Hall–Kier alpha value is -0.280. The van der Waals surface area contributed by atoms with Gasteiger partial charge in [0, 0.05) is 0 Å². The summed E-state index contributed by atoms with van der Waals surface area (Å²) in [5, 5.41) is 0. The molecule has 2 heterocycles. The van der Waals surface area contributed by atoms with E-state index in [1.54, 1.807) is 0 Å². The van der Waals surface area contributed by atoms with Crippen LogP contribution in [0.4, 0.5) is 0 Å². The van der Waals surface area contributed by atoms with E-state index in [-0.39, 0.29) is 0 Å². The number of rotatable bonds is 2. The zero-order valence-electron chi connectivity index (χ0n) is 6.22. The van der Waals surface area contributed by atoms with Crippen LogP contribution in [0, 0.1) is 0 Å². The number of furan rings is 1. The molecule has 0 bridgehead atoms. The number of likely N-dealkylation sites (tertiary alicyclic amines) is 1. The first-order valence-corrected chi connectivity index (χ1v) is 4.60. The molecule has 0 aliphatic carbocycles. The van der Waals surface area contributed by atoms with Gasteiger partial charge in [-0.15, -0.1) is 0 Å². The first-order chi connectivity index (χ1) is 5.34. The van der Waals surface area contributed by atoms with Gasteiger partial charge in [-0.05, 0) is 47.6 Å². The topological polar surface area (TPSA) is 16.4 Å². The van der Waals surface area contributed by atoms with Crippen molar-refractivity contribution in [1.29, 1.82) is 0 Å². The smallest absolute Gasteiger partial charge is 0.169 e. The summed E-state index contributed by atoms with van der Waals surface area (Å²) in [6.45, 7) is 3.40. The number of halogens is 1. The van der Waals surface area contributed by atoms with Gasteiger partial charge in [0.05, 0.1) is 6.54 Å². The Morgan fingerprint density at radius 3 is 2.73 bits per heavy atom. The zero-order valence-corrected chi connectivity index (χ0v) is 7.80. The fourth-order valence-corrected chi connectivity index (χ4v) is 1.54. The summed E-state index contributed by atoms with van der Waals surface area (Å²) in [5.74, 6) is 1.05. The van der Waals surface area contributed by atoms with E-state index in [9.17, 15) is 0 Å². The second-order valence-electron chi connectivity index (χ2n) is 2.84. The van der Waals surface area contributed by atoms with Gasteiger partial charge in [-0.2, -0.15) is 0 Å². The Labute approximate surface area is 74.3 Å². The molecular formula is C8H10BrNO. The fourth-order valence-electron chi connectivity index (χ4n) is 1.20. The molecule has 2 nitrogen and oxygen atoms in total. The van der Waals surface area contributed by atoms with Crippen molar-refractivity contribution in [2.45, 2.75) is 13.0 Å². The van der Waals surface area contributed by atoms with E-state index in [4.69, 9.17) is 4.42 Å². The molecule has 3 heteroatoms. The van der Waals surface area contributed by atoms with Crippen molar-refractivity contribution in [3.8, 4) is 0 Å². The minimum atomic E-state index is 0.827. The van der Waals surface area contributed by atoms with Crippen LogP contribution >= 0.6 is 15.9 Å². The van der Waals surface area contributed by atoms with Crippen molar-refractivity contribution in [1.82, 2.24) is 4.90 Å². The van der Waals surface area contributed by atoms with E-state index in [0.717, 1.165) is 17.0 Å². The Morgan fingerprint density at radius 1 is 1.45 bits per heavy atom. The average molecular weight is 216 g/mol. The number of hydrogen-bond donors (Lipinski definition) is 0. The maximum Gasteiger partial charge on any atom is 0.169 e. The molecule has 11 heavy (non-hydrogen) atoms. The quantitative estimate of drug-likeness (QED) is 0.753. The van der Waals surface area contributed by atoms with E-state index in [1.165, 1.54) is 19.5 Å². The normalized spacial score (nSPS) is 18.3. The molecule has 0 unspecified atom stereocenters. The van der Waals surface area contributed by atoms with Crippen LogP contribution in [0.15, 0.2) is 21.2 Å². The van der Waals surface area contributed by atoms with Crippen molar-refractivity contribution in [2.75, 3.05) is 13.1 Å². The van der Waals surface area contributed by atoms with Crippen LogP contribution in [-0.4, -0.2) is 18.0 Å². The van der Waals surface area contributed by atoms with E-state index >= 15 is 0 Å². The van der Waals surface area contributed by atoms with Crippen LogP contribution in [0.25, 0.3) is 0 Å². The largest absolute Gasteiger partial charge is 0.453 e. The molecule has 1 aromatic rings. The standard InChI is InChI=1S/C8H10BrNO/c9-8-3-2-7(11-8)6-10-4-1-5-10/h2-3H,1,4-6H2. The number of hydrogen-bond acceptors (Lipinski definition) is 2. The summed E-state index contributed by atoms with van der Waals surface area (Å²) in [6.07, 6.45) is 1.34. The minimum Gasteiger partial charge on any atom is -0.453 e. The maximum absolute atomic E-state index is 5.36. The third kappa shape index (κ3) is 1.65. The van der Waals surface area contributed by atoms with Crippen LogP contribution in [0.3, 0.4) is 0 Å². The van der Waals surface area contributed by atoms with Crippen molar-refractivity contribution in [3.05, 3.63) is 22.6 Å². The van der Waals surface area contributed by atoms with E-state index < -0.39 is 0 Å². The van der Waals surface area contributed by atoms with Crippen LogP contribution in [-0.2, 0) is 6.54 Å². The first-order valence-electron chi connectivity index (χ1n) is 3.81. The highest BCUT2D eigenvalue weighted by molar-refractivity contribution is 9.10. The highest BCUT2D eigenvalue weighted by atomic mass is 79.9. The van der Waals surface area contributed by atoms with Crippen LogP contribution in [0.1, 0.15) is 12.2 Å². The van der Waals surface area contributed by atoms with Crippen LogP contribution in [0.5, 0.6) is 0 Å². The van der Waals surface area contributed by atoms with Crippen LogP contribution in [0.2, 0.25) is 0 Å². The molecule has 0 radical (unpaired) electrons. The lowest BCUT2D eigenvalue weighted by atomic mass is 10.2. The van der Waals surface area contributed by atoms with E-state index in [1.807, 2.05) is 12.1 Å². The molecule has 0 spiro atoms. The van der Waals surface area contributed by atoms with Gasteiger partial charge >= 0.3 is 0 Å². The summed E-state index contributed by atoms with van der Waals surface area (Å²) in [5.41, 5.74) is 0. The predicted molar refractivity (Wildman–Crippen MR) is 46.3 cm³/mol. The van der Waals surface area contributed by atoms with Crippen molar-refractivity contribution < 1.29 is 4.42 Å². The maximum atomic E-state index is 5.36.